The van der Waals surface area contributed by atoms with Gasteiger partial charge in [-0.3, -0.25) is 0 Å². The second kappa shape index (κ2) is 2.98. The molecule has 2 heteroatoms. The van der Waals surface area contributed by atoms with Crippen LogP contribution in [0.15, 0.2) is 0 Å². The predicted octanol–water partition coefficient (Wildman–Crippen LogP) is 0.440. The molecule has 0 aromatic carbocycles. The van der Waals surface area contributed by atoms with Gasteiger partial charge in [0.25, 0.3) is 0 Å². The summed E-state index contributed by atoms with van der Waals surface area (Å²) in [6.07, 6.45) is 0.906. The second-order valence-electron chi connectivity index (χ2n) is 0.331. The smallest absolute Gasteiger partial charge is 0.155 e. The molecule has 1 nitrogen and oxygen atoms in total. The van der Waals surface area contributed by atoms with Crippen LogP contribution in [0.2, 0.25) is 0 Å². The van der Waals surface area contributed by atoms with E-state index < -0.39 is 0 Å². The molecular formula is C3FN. The van der Waals surface area contributed by atoms with E-state index in [1.165, 1.54) is 12.0 Å². The third-order valence-corrected chi connectivity index (χ3v) is 0.103. The van der Waals surface area contributed by atoms with E-state index in [9.17, 15) is 4.39 Å². The fraction of sp³-hybridized carbons (Fsp3) is 0. The number of rotatable bonds is 0. The Bertz CT molecular complexity index is 100. The van der Waals surface area contributed by atoms with Gasteiger partial charge in [-0.05, 0) is 0 Å². The number of hydrogen-bond donors (Lipinski definition) is 0. The van der Waals surface area contributed by atoms with Crippen molar-refractivity contribution >= 4 is 0 Å². The molecule has 0 aromatic heterocycles. The third-order valence-electron chi connectivity index (χ3n) is 0.103. The van der Waals surface area contributed by atoms with Crippen LogP contribution in [0, 0.1) is 23.4 Å². The standard InChI is InChI=1S/C3FN/c4-2-1-3-5. The molecule has 0 spiro atoms. The Morgan fingerprint density at radius 3 is 2.20 bits per heavy atom. The van der Waals surface area contributed by atoms with Gasteiger partial charge in [0.05, 0.1) is 0 Å². The summed E-state index contributed by atoms with van der Waals surface area (Å²) < 4.78 is 10.4. The van der Waals surface area contributed by atoms with E-state index in [-0.39, 0.29) is 0 Å². The minimum atomic E-state index is 0.906. The first kappa shape index (κ1) is 3.98. The molecule has 24 valence electrons. The summed E-state index contributed by atoms with van der Waals surface area (Å²) in [5.41, 5.74) is 0. The van der Waals surface area contributed by atoms with E-state index in [0.717, 1.165) is 6.17 Å². The molecule has 0 fully saturated rings. The van der Waals surface area contributed by atoms with Gasteiger partial charge in [-0.2, -0.15) is 5.26 Å². The van der Waals surface area contributed by atoms with E-state index in [1.54, 1.807) is 0 Å². The average Bonchev–Trinajstić information content (AvgIpc) is 1.41. The summed E-state index contributed by atoms with van der Waals surface area (Å²) in [7, 11) is 0. The maximum absolute atomic E-state index is 10.4. The van der Waals surface area contributed by atoms with Gasteiger partial charge in [0.2, 0.25) is 0 Å². The average molecular weight is 69.0 g/mol. The summed E-state index contributed by atoms with van der Waals surface area (Å²) in [5.74, 6) is 1.50. The molecule has 0 aromatic rings. The lowest BCUT2D eigenvalue weighted by atomic mass is 10.8. The normalized spacial score (nSPS) is 3.20. The highest BCUT2D eigenvalue weighted by atomic mass is 19.1. The largest absolute Gasteiger partial charge is 0.183 e. The van der Waals surface area contributed by atoms with Crippen LogP contribution in [0.4, 0.5) is 4.39 Å². The van der Waals surface area contributed by atoms with Gasteiger partial charge < -0.3 is 0 Å². The van der Waals surface area contributed by atoms with Crippen molar-refractivity contribution in [1.29, 1.82) is 5.26 Å². The van der Waals surface area contributed by atoms with Crippen LogP contribution in [0.3, 0.4) is 0 Å². The SMILES string of the molecule is N#CC#CF. The Balaban J connectivity index is 3.30. The Morgan fingerprint density at radius 1 is 1.60 bits per heavy atom. The van der Waals surface area contributed by atoms with Crippen LogP contribution in [0.5, 0.6) is 0 Å². The van der Waals surface area contributed by atoms with Gasteiger partial charge in [-0.15, -0.1) is 4.39 Å². The Hall–Kier alpha value is -1.02. The summed E-state index contributed by atoms with van der Waals surface area (Å²) in [6, 6.07) is 1.28. The van der Waals surface area contributed by atoms with Crippen LogP contribution in [-0.4, -0.2) is 0 Å². The summed E-state index contributed by atoms with van der Waals surface area (Å²) in [4.78, 5) is 0. The molecule has 0 bridgehead atoms. The van der Waals surface area contributed by atoms with Gasteiger partial charge in [-0.25, -0.2) is 0 Å². The lowest BCUT2D eigenvalue weighted by molar-refractivity contribution is 0.774. The van der Waals surface area contributed by atoms with Crippen LogP contribution in [0.25, 0.3) is 0 Å². The Morgan fingerprint density at radius 2 is 2.20 bits per heavy atom. The van der Waals surface area contributed by atoms with Crippen LogP contribution in [0.1, 0.15) is 0 Å². The van der Waals surface area contributed by atoms with Crippen molar-refractivity contribution in [1.82, 2.24) is 0 Å². The number of nitrogens with zero attached hydrogens (tertiary/aromatic N) is 1. The lowest BCUT2D eigenvalue weighted by Crippen LogP contribution is -1.34. The zero-order chi connectivity index (χ0) is 4.12. The molecular weight excluding hydrogens is 69.0 g/mol. The van der Waals surface area contributed by atoms with Gasteiger partial charge in [-0.1, -0.05) is 0 Å². The molecule has 0 radical (unpaired) electrons. The third kappa shape index (κ3) is 2.98. The van der Waals surface area contributed by atoms with Gasteiger partial charge in [0, 0.05) is 5.92 Å². The minimum absolute atomic E-state index is 0.906. The molecule has 0 heterocycles. The highest BCUT2D eigenvalue weighted by Gasteiger charge is 1.45. The summed E-state index contributed by atoms with van der Waals surface area (Å²) >= 11 is 0. The first-order valence-corrected chi connectivity index (χ1v) is 0.913. The first-order valence-electron chi connectivity index (χ1n) is 0.913. The van der Waals surface area contributed by atoms with Crippen molar-refractivity contribution < 1.29 is 4.39 Å². The van der Waals surface area contributed by atoms with Crippen molar-refractivity contribution in [2.75, 3.05) is 0 Å². The predicted molar refractivity (Wildman–Crippen MR) is 14.5 cm³/mol. The van der Waals surface area contributed by atoms with Crippen molar-refractivity contribution in [3.63, 3.8) is 0 Å². The highest BCUT2D eigenvalue weighted by Crippen LogP contribution is 1.47. The molecule has 0 saturated carbocycles. The Labute approximate surface area is 29.0 Å². The zero-order valence-corrected chi connectivity index (χ0v) is 2.33. The van der Waals surface area contributed by atoms with Crippen LogP contribution in [-0.2, 0) is 0 Å². The van der Waals surface area contributed by atoms with Gasteiger partial charge >= 0.3 is 0 Å². The minimum Gasteiger partial charge on any atom is -0.183 e. The van der Waals surface area contributed by atoms with Crippen molar-refractivity contribution in [2.24, 2.45) is 0 Å². The second-order valence-corrected chi connectivity index (χ2v) is 0.331. The number of nitriles is 1. The first-order chi connectivity index (χ1) is 2.41. The molecule has 0 unspecified atom stereocenters. The van der Waals surface area contributed by atoms with E-state index >= 15 is 0 Å². The molecule has 0 aliphatic carbocycles. The lowest BCUT2D eigenvalue weighted by Gasteiger charge is -1.33. The monoisotopic (exact) mass is 69.0 g/mol. The fourth-order valence-corrected chi connectivity index (χ4v) is 0.0211. The molecule has 0 aliphatic heterocycles. The van der Waals surface area contributed by atoms with Gasteiger partial charge in [0.1, 0.15) is 6.17 Å². The number of hydrogen-bond acceptors (Lipinski definition) is 1. The molecule has 0 N–H and O–H groups in total. The maximum Gasteiger partial charge on any atom is 0.155 e. The van der Waals surface area contributed by atoms with E-state index in [1.807, 2.05) is 0 Å². The quantitative estimate of drug-likeness (QED) is 0.378. The summed E-state index contributed by atoms with van der Waals surface area (Å²) in [6.45, 7) is 0. The van der Waals surface area contributed by atoms with Crippen LogP contribution >= 0.6 is 0 Å². The van der Waals surface area contributed by atoms with E-state index in [4.69, 9.17) is 5.26 Å². The number of halogens is 1. The molecule has 5 heavy (non-hydrogen) atoms. The van der Waals surface area contributed by atoms with E-state index in [0.29, 0.717) is 0 Å². The van der Waals surface area contributed by atoms with Crippen molar-refractivity contribution in [3.05, 3.63) is 0 Å². The molecule has 0 aliphatic rings. The van der Waals surface area contributed by atoms with E-state index in [2.05, 4.69) is 0 Å². The fourth-order valence-electron chi connectivity index (χ4n) is 0.0211. The van der Waals surface area contributed by atoms with Crippen molar-refractivity contribution in [2.45, 2.75) is 0 Å². The highest BCUT2D eigenvalue weighted by molar-refractivity contribution is 5.12. The maximum atomic E-state index is 10.4. The topological polar surface area (TPSA) is 23.8 Å². The van der Waals surface area contributed by atoms with Gasteiger partial charge in [0.15, 0.2) is 6.07 Å². The zero-order valence-electron chi connectivity index (χ0n) is 2.33. The molecule has 0 amide bonds. The van der Waals surface area contributed by atoms with Crippen LogP contribution < -0.4 is 0 Å². The Kier molecular flexibility index (Phi) is 2.37. The molecule has 0 atom stereocenters. The molecule has 0 saturated heterocycles. The van der Waals surface area contributed by atoms with Crippen molar-refractivity contribution in [3.8, 4) is 18.2 Å². The summed E-state index contributed by atoms with van der Waals surface area (Å²) in [5, 5.41) is 7.40. The molecule has 0 rings (SSSR count).